The normalized spacial score (nSPS) is 15.1. The number of nitrogens with one attached hydrogen (secondary N) is 1. The molecule has 1 aromatic heterocycles. The lowest BCUT2D eigenvalue weighted by molar-refractivity contribution is 0.440. The van der Waals surface area contributed by atoms with Crippen LogP contribution in [0.2, 0.25) is 0 Å². The molecule has 2 atom stereocenters. The highest BCUT2D eigenvalue weighted by Crippen LogP contribution is 2.12. The van der Waals surface area contributed by atoms with E-state index >= 15 is 0 Å². The molecule has 2 heteroatoms. The third-order valence-corrected chi connectivity index (χ3v) is 2.58. The quantitative estimate of drug-likeness (QED) is 0.774. The molecule has 0 spiro atoms. The fourth-order valence-electron chi connectivity index (χ4n) is 1.73. The average Bonchev–Trinajstić information content (AvgIpc) is 2.19. The van der Waals surface area contributed by atoms with Crippen molar-refractivity contribution in [3.05, 3.63) is 30.1 Å². The van der Waals surface area contributed by atoms with Crippen molar-refractivity contribution in [2.75, 3.05) is 7.05 Å². The van der Waals surface area contributed by atoms with Crippen LogP contribution in [0.4, 0.5) is 0 Å². The van der Waals surface area contributed by atoms with Gasteiger partial charge in [0.05, 0.1) is 0 Å². The van der Waals surface area contributed by atoms with Crippen molar-refractivity contribution in [1.82, 2.24) is 10.3 Å². The first-order valence-electron chi connectivity index (χ1n) is 5.28. The van der Waals surface area contributed by atoms with E-state index < -0.39 is 0 Å². The zero-order valence-electron chi connectivity index (χ0n) is 9.33. The number of aromatic nitrogens is 1. The zero-order chi connectivity index (χ0) is 10.4. The van der Waals surface area contributed by atoms with Crippen LogP contribution in [-0.4, -0.2) is 18.1 Å². The smallest absolute Gasteiger partial charge is 0.0270 e. The molecule has 0 amide bonds. The molecule has 0 fully saturated rings. The van der Waals surface area contributed by atoms with Gasteiger partial charge < -0.3 is 5.32 Å². The predicted octanol–water partition coefficient (Wildman–Crippen LogP) is 2.26. The fraction of sp³-hybridized carbons (Fsp3) is 0.583. The highest BCUT2D eigenvalue weighted by molar-refractivity contribution is 5.10. The summed E-state index contributed by atoms with van der Waals surface area (Å²) in [6.07, 6.45) is 6.10. The molecule has 2 unspecified atom stereocenters. The molecule has 1 heterocycles. The van der Waals surface area contributed by atoms with Gasteiger partial charge in [0.1, 0.15) is 0 Å². The minimum absolute atomic E-state index is 0.604. The second kappa shape index (κ2) is 5.76. The van der Waals surface area contributed by atoms with Gasteiger partial charge in [-0.3, -0.25) is 4.98 Å². The van der Waals surface area contributed by atoms with Crippen molar-refractivity contribution in [2.24, 2.45) is 5.92 Å². The molecule has 14 heavy (non-hydrogen) atoms. The molecule has 78 valence electrons. The van der Waals surface area contributed by atoms with Crippen LogP contribution in [0.5, 0.6) is 0 Å². The zero-order valence-corrected chi connectivity index (χ0v) is 9.33. The Morgan fingerprint density at radius 2 is 1.93 bits per heavy atom. The molecule has 0 bridgehead atoms. The molecule has 0 aliphatic heterocycles. The summed E-state index contributed by atoms with van der Waals surface area (Å²) in [6.45, 7) is 4.53. The number of hydrogen-bond donors (Lipinski definition) is 1. The van der Waals surface area contributed by atoms with Gasteiger partial charge in [0.2, 0.25) is 0 Å². The minimum atomic E-state index is 0.604. The van der Waals surface area contributed by atoms with Gasteiger partial charge in [-0.05, 0) is 50.4 Å². The Hall–Kier alpha value is -0.890. The molecule has 0 aliphatic rings. The van der Waals surface area contributed by atoms with Crippen molar-refractivity contribution in [2.45, 2.75) is 32.7 Å². The van der Waals surface area contributed by atoms with E-state index in [1.807, 2.05) is 19.4 Å². The molecule has 0 radical (unpaired) electrons. The third kappa shape index (κ3) is 3.88. The Morgan fingerprint density at radius 1 is 1.29 bits per heavy atom. The first kappa shape index (κ1) is 11.2. The second-order valence-corrected chi connectivity index (χ2v) is 4.09. The Kier molecular flexibility index (Phi) is 4.60. The standard InChI is InChI=1S/C12H20N2/c1-10(8-11(2)13-3)9-12-4-6-14-7-5-12/h4-7,10-11,13H,8-9H2,1-3H3. The molecular formula is C12H20N2. The number of nitrogens with zero attached hydrogens (tertiary/aromatic N) is 1. The summed E-state index contributed by atoms with van der Waals surface area (Å²) in [5.74, 6) is 0.722. The van der Waals surface area contributed by atoms with Gasteiger partial charge >= 0.3 is 0 Å². The van der Waals surface area contributed by atoms with E-state index in [0.29, 0.717) is 6.04 Å². The van der Waals surface area contributed by atoms with E-state index in [0.717, 1.165) is 12.3 Å². The van der Waals surface area contributed by atoms with Gasteiger partial charge in [0, 0.05) is 18.4 Å². The number of pyridine rings is 1. The maximum absolute atomic E-state index is 4.02. The lowest BCUT2D eigenvalue weighted by Gasteiger charge is -2.16. The largest absolute Gasteiger partial charge is 0.317 e. The first-order chi connectivity index (χ1) is 6.72. The molecule has 1 rings (SSSR count). The van der Waals surface area contributed by atoms with E-state index in [-0.39, 0.29) is 0 Å². The van der Waals surface area contributed by atoms with Crippen LogP contribution < -0.4 is 5.32 Å². The van der Waals surface area contributed by atoms with Crippen molar-refractivity contribution in [3.63, 3.8) is 0 Å². The number of rotatable bonds is 5. The molecule has 0 aliphatic carbocycles. The van der Waals surface area contributed by atoms with Crippen molar-refractivity contribution in [1.29, 1.82) is 0 Å². The lowest BCUT2D eigenvalue weighted by atomic mass is 9.95. The van der Waals surface area contributed by atoms with Crippen LogP contribution in [0.1, 0.15) is 25.8 Å². The highest BCUT2D eigenvalue weighted by Gasteiger charge is 2.07. The van der Waals surface area contributed by atoms with Crippen molar-refractivity contribution < 1.29 is 0 Å². The van der Waals surface area contributed by atoms with Gasteiger partial charge in [-0.15, -0.1) is 0 Å². The lowest BCUT2D eigenvalue weighted by Crippen LogP contribution is -2.24. The molecular weight excluding hydrogens is 172 g/mol. The van der Waals surface area contributed by atoms with Gasteiger partial charge in [0.25, 0.3) is 0 Å². The van der Waals surface area contributed by atoms with Crippen molar-refractivity contribution >= 4 is 0 Å². The van der Waals surface area contributed by atoms with E-state index in [1.165, 1.54) is 12.0 Å². The highest BCUT2D eigenvalue weighted by atomic mass is 14.8. The average molecular weight is 192 g/mol. The molecule has 0 saturated heterocycles. The van der Waals surface area contributed by atoms with Crippen molar-refractivity contribution in [3.8, 4) is 0 Å². The van der Waals surface area contributed by atoms with Gasteiger partial charge in [-0.25, -0.2) is 0 Å². The van der Waals surface area contributed by atoms with Gasteiger partial charge in [-0.2, -0.15) is 0 Å². The fourth-order valence-corrected chi connectivity index (χ4v) is 1.73. The minimum Gasteiger partial charge on any atom is -0.317 e. The maximum atomic E-state index is 4.02. The summed E-state index contributed by atoms with van der Waals surface area (Å²) in [4.78, 5) is 4.02. The Labute approximate surface area is 86.8 Å². The SMILES string of the molecule is CNC(C)CC(C)Cc1ccncc1. The predicted molar refractivity (Wildman–Crippen MR) is 60.2 cm³/mol. The van der Waals surface area contributed by atoms with E-state index in [2.05, 4.69) is 36.3 Å². The van der Waals surface area contributed by atoms with Crippen LogP contribution in [0.3, 0.4) is 0 Å². The second-order valence-electron chi connectivity index (χ2n) is 4.09. The molecule has 0 aromatic carbocycles. The first-order valence-corrected chi connectivity index (χ1v) is 5.28. The summed E-state index contributed by atoms with van der Waals surface area (Å²) in [5, 5.41) is 3.27. The monoisotopic (exact) mass is 192 g/mol. The summed E-state index contributed by atoms with van der Waals surface area (Å²) < 4.78 is 0. The maximum Gasteiger partial charge on any atom is 0.0270 e. The Morgan fingerprint density at radius 3 is 2.50 bits per heavy atom. The van der Waals surface area contributed by atoms with Crippen LogP contribution in [0, 0.1) is 5.92 Å². The van der Waals surface area contributed by atoms with E-state index in [1.54, 1.807) is 0 Å². The molecule has 0 saturated carbocycles. The van der Waals surface area contributed by atoms with Gasteiger partial charge in [0.15, 0.2) is 0 Å². The molecule has 1 N–H and O–H groups in total. The van der Waals surface area contributed by atoms with E-state index in [9.17, 15) is 0 Å². The van der Waals surface area contributed by atoms with Gasteiger partial charge in [-0.1, -0.05) is 6.92 Å². The van der Waals surface area contributed by atoms with Crippen LogP contribution >= 0.6 is 0 Å². The summed E-state index contributed by atoms with van der Waals surface area (Å²) in [7, 11) is 2.02. The topological polar surface area (TPSA) is 24.9 Å². The number of hydrogen-bond acceptors (Lipinski definition) is 2. The molecule has 1 aromatic rings. The van der Waals surface area contributed by atoms with E-state index in [4.69, 9.17) is 0 Å². The molecule has 2 nitrogen and oxygen atoms in total. The van der Waals surface area contributed by atoms with Crippen LogP contribution in [0.15, 0.2) is 24.5 Å². The third-order valence-electron chi connectivity index (χ3n) is 2.58. The summed E-state index contributed by atoms with van der Waals surface area (Å²) in [5.41, 5.74) is 1.39. The summed E-state index contributed by atoms with van der Waals surface area (Å²) in [6, 6.07) is 4.80. The van der Waals surface area contributed by atoms with Crippen LogP contribution in [-0.2, 0) is 6.42 Å². The Bertz CT molecular complexity index is 246. The summed E-state index contributed by atoms with van der Waals surface area (Å²) >= 11 is 0. The Balaban J connectivity index is 2.37. The van der Waals surface area contributed by atoms with Crippen LogP contribution in [0.25, 0.3) is 0 Å².